The summed E-state index contributed by atoms with van der Waals surface area (Å²) in [5, 5.41) is 0. The number of rotatable bonds is 4. The van der Waals surface area contributed by atoms with E-state index in [4.69, 9.17) is 0 Å². The van der Waals surface area contributed by atoms with Crippen LogP contribution < -0.4 is 0 Å². The van der Waals surface area contributed by atoms with Crippen molar-refractivity contribution in [2.45, 2.75) is 60.8 Å². The Morgan fingerprint density at radius 3 is 2.47 bits per heavy atom. The lowest BCUT2D eigenvalue weighted by Crippen LogP contribution is -2.36. The molecule has 1 heteroatoms. The predicted octanol–water partition coefficient (Wildman–Crippen LogP) is 4.43. The fourth-order valence-electron chi connectivity index (χ4n) is 2.41. The van der Waals surface area contributed by atoms with Crippen LogP contribution in [0.2, 0.25) is 0 Å². The Morgan fingerprint density at radius 1 is 1.21 bits per heavy atom. The maximum atomic E-state index is 3.51. The van der Waals surface area contributed by atoms with E-state index in [1.807, 2.05) is 0 Å². The fourth-order valence-corrected chi connectivity index (χ4v) is 2.41. The number of piperidine rings is 1. The molecular weight excluding hydrogens is 230 g/mol. The van der Waals surface area contributed by atoms with Crippen molar-refractivity contribution in [3.05, 3.63) is 0 Å². The first-order valence-electron chi connectivity index (χ1n) is 8.03. The molecule has 0 radical (unpaired) electrons. The van der Waals surface area contributed by atoms with E-state index in [2.05, 4.69) is 58.3 Å². The average molecular weight is 263 g/mol. The summed E-state index contributed by atoms with van der Waals surface area (Å²) in [7, 11) is 0. The molecule has 0 N–H and O–H groups in total. The molecular formula is C18H33N. The molecule has 0 aromatic heterocycles. The molecule has 1 fully saturated rings. The van der Waals surface area contributed by atoms with Crippen LogP contribution in [-0.4, -0.2) is 24.5 Å². The largest absolute Gasteiger partial charge is 0.302 e. The van der Waals surface area contributed by atoms with E-state index < -0.39 is 0 Å². The zero-order valence-electron chi connectivity index (χ0n) is 13.9. The molecule has 0 saturated carbocycles. The lowest BCUT2D eigenvalue weighted by Gasteiger charge is -2.31. The van der Waals surface area contributed by atoms with Crippen molar-refractivity contribution in [1.29, 1.82) is 0 Å². The van der Waals surface area contributed by atoms with Crippen molar-refractivity contribution in [3.8, 4) is 11.8 Å². The molecule has 1 heterocycles. The highest BCUT2D eigenvalue weighted by Gasteiger charge is 2.19. The van der Waals surface area contributed by atoms with E-state index in [9.17, 15) is 0 Å². The highest BCUT2D eigenvalue weighted by molar-refractivity contribution is 5.11. The van der Waals surface area contributed by atoms with Crippen LogP contribution >= 0.6 is 0 Å². The molecule has 19 heavy (non-hydrogen) atoms. The summed E-state index contributed by atoms with van der Waals surface area (Å²) >= 11 is 0. The van der Waals surface area contributed by atoms with E-state index in [-0.39, 0.29) is 5.41 Å². The van der Waals surface area contributed by atoms with Crippen molar-refractivity contribution in [3.63, 3.8) is 0 Å². The minimum atomic E-state index is 0.147. The summed E-state index contributed by atoms with van der Waals surface area (Å²) in [5.74, 6) is 9.17. The first-order chi connectivity index (χ1) is 8.78. The second-order valence-electron chi connectivity index (χ2n) is 7.67. The molecule has 0 amide bonds. The van der Waals surface area contributed by atoms with Gasteiger partial charge in [0.05, 0.1) is 0 Å². The van der Waals surface area contributed by atoms with Crippen molar-refractivity contribution in [2.24, 2.45) is 23.2 Å². The van der Waals surface area contributed by atoms with Gasteiger partial charge >= 0.3 is 0 Å². The Morgan fingerprint density at radius 2 is 1.89 bits per heavy atom. The number of nitrogens with zero attached hydrogens (tertiary/aromatic N) is 1. The third-order valence-corrected chi connectivity index (χ3v) is 4.20. The van der Waals surface area contributed by atoms with Crippen LogP contribution in [0.5, 0.6) is 0 Å². The third kappa shape index (κ3) is 7.02. The fraction of sp³-hybridized carbons (Fsp3) is 0.889. The topological polar surface area (TPSA) is 3.24 Å². The van der Waals surface area contributed by atoms with Crippen molar-refractivity contribution in [1.82, 2.24) is 4.90 Å². The smallest absolute Gasteiger partial charge is 0.0330 e. The predicted molar refractivity (Wildman–Crippen MR) is 85.0 cm³/mol. The second-order valence-corrected chi connectivity index (χ2v) is 7.67. The minimum absolute atomic E-state index is 0.147. The summed E-state index contributed by atoms with van der Waals surface area (Å²) < 4.78 is 0. The van der Waals surface area contributed by atoms with Crippen LogP contribution in [0.15, 0.2) is 0 Å². The summed E-state index contributed by atoms with van der Waals surface area (Å²) in [6.07, 6.45) is 3.94. The summed E-state index contributed by atoms with van der Waals surface area (Å²) in [6.45, 7) is 17.4. The maximum absolute atomic E-state index is 3.51. The molecule has 0 aliphatic carbocycles. The Balaban J connectivity index is 2.39. The molecule has 1 rings (SSSR count). The summed E-state index contributed by atoms with van der Waals surface area (Å²) in [5.41, 5.74) is 0.147. The zero-order valence-corrected chi connectivity index (χ0v) is 13.9. The van der Waals surface area contributed by atoms with Crippen LogP contribution in [0.4, 0.5) is 0 Å². The van der Waals surface area contributed by atoms with Crippen molar-refractivity contribution >= 4 is 0 Å². The summed E-state index contributed by atoms with van der Waals surface area (Å²) in [6, 6.07) is 0. The van der Waals surface area contributed by atoms with Gasteiger partial charge < -0.3 is 4.90 Å². The van der Waals surface area contributed by atoms with E-state index in [1.165, 1.54) is 38.9 Å². The van der Waals surface area contributed by atoms with Gasteiger partial charge in [0.15, 0.2) is 0 Å². The average Bonchev–Trinajstić information content (AvgIpc) is 2.33. The lowest BCUT2D eigenvalue weighted by atomic mass is 9.92. The number of likely N-dealkylation sites (tertiary alicyclic amines) is 1. The van der Waals surface area contributed by atoms with Crippen LogP contribution in [0.1, 0.15) is 60.8 Å². The first-order valence-corrected chi connectivity index (χ1v) is 8.03. The van der Waals surface area contributed by atoms with Gasteiger partial charge in [0.1, 0.15) is 0 Å². The van der Waals surface area contributed by atoms with Crippen LogP contribution in [-0.2, 0) is 0 Å². The quantitative estimate of drug-likeness (QED) is 0.678. The number of hydrogen-bond acceptors (Lipinski definition) is 1. The molecule has 1 saturated heterocycles. The molecule has 0 aromatic rings. The van der Waals surface area contributed by atoms with Gasteiger partial charge in [0.2, 0.25) is 0 Å². The molecule has 1 nitrogen and oxygen atoms in total. The standard InChI is InChI=1S/C18H33N/c1-15(2)16(3)10-13-19-12-7-8-17(14-19)9-11-18(4,5)6/h15-17H,7-8,10,12-14H2,1-6H3/t16-,17?/m1/s1. The van der Waals surface area contributed by atoms with Gasteiger partial charge in [-0.2, -0.15) is 0 Å². The Bertz CT molecular complexity index is 313. The van der Waals surface area contributed by atoms with E-state index in [1.54, 1.807) is 0 Å². The van der Waals surface area contributed by atoms with Gasteiger partial charge in [0, 0.05) is 17.9 Å². The molecule has 1 aliphatic heterocycles. The van der Waals surface area contributed by atoms with Crippen LogP contribution in [0.25, 0.3) is 0 Å². The normalized spacial score (nSPS) is 23.0. The number of hydrogen-bond donors (Lipinski definition) is 0. The molecule has 2 atom stereocenters. The van der Waals surface area contributed by atoms with E-state index in [0.717, 1.165) is 11.8 Å². The van der Waals surface area contributed by atoms with Gasteiger partial charge in [-0.15, -0.1) is 0 Å². The molecule has 0 aromatic carbocycles. The van der Waals surface area contributed by atoms with Gasteiger partial charge in [-0.3, -0.25) is 0 Å². The lowest BCUT2D eigenvalue weighted by molar-refractivity contribution is 0.182. The Labute approximate surface area is 121 Å². The maximum Gasteiger partial charge on any atom is 0.0330 e. The van der Waals surface area contributed by atoms with Gasteiger partial charge in [0.25, 0.3) is 0 Å². The SMILES string of the molecule is CC(C)[C@H](C)CCN1CCCC(C#CC(C)(C)C)C1. The van der Waals surface area contributed by atoms with Crippen molar-refractivity contribution < 1.29 is 0 Å². The molecule has 110 valence electrons. The zero-order chi connectivity index (χ0) is 14.5. The summed E-state index contributed by atoms with van der Waals surface area (Å²) in [4.78, 5) is 2.63. The molecule has 0 bridgehead atoms. The minimum Gasteiger partial charge on any atom is -0.302 e. The van der Waals surface area contributed by atoms with Crippen LogP contribution in [0.3, 0.4) is 0 Å². The first kappa shape index (κ1) is 16.6. The monoisotopic (exact) mass is 263 g/mol. The highest BCUT2D eigenvalue weighted by atomic mass is 15.1. The molecule has 1 unspecified atom stereocenters. The second kappa shape index (κ2) is 7.34. The van der Waals surface area contributed by atoms with Crippen LogP contribution in [0, 0.1) is 35.0 Å². The van der Waals surface area contributed by atoms with E-state index >= 15 is 0 Å². The Hall–Kier alpha value is -0.480. The third-order valence-electron chi connectivity index (χ3n) is 4.20. The Kier molecular flexibility index (Phi) is 6.40. The molecule has 1 aliphatic rings. The van der Waals surface area contributed by atoms with Gasteiger partial charge in [-0.1, -0.05) is 32.6 Å². The van der Waals surface area contributed by atoms with Gasteiger partial charge in [-0.25, -0.2) is 0 Å². The highest BCUT2D eigenvalue weighted by Crippen LogP contribution is 2.20. The van der Waals surface area contributed by atoms with Crippen molar-refractivity contribution in [2.75, 3.05) is 19.6 Å². The van der Waals surface area contributed by atoms with E-state index in [0.29, 0.717) is 5.92 Å². The molecule has 0 spiro atoms. The van der Waals surface area contributed by atoms with Gasteiger partial charge in [-0.05, 0) is 65.0 Å².